The molecule has 0 fully saturated rings. The summed E-state index contributed by atoms with van der Waals surface area (Å²) in [4.78, 5) is 27.1. The molecule has 0 aliphatic carbocycles. The molecule has 0 radical (unpaired) electrons. The third-order valence-corrected chi connectivity index (χ3v) is 4.08. The quantitative estimate of drug-likeness (QED) is 0.759. The standard InChI is InChI=1S/C21H24F2N2O2/c1-4-19(21(27)24-18-11-10-15(22)13-17(18)23)25(20(26)12-14(2)3)16-8-6-5-7-9-16/h5-11,13-14,19H,4,12H2,1-3H3,(H,24,27)/t19-/m0/s1. The topological polar surface area (TPSA) is 49.4 Å². The number of benzene rings is 2. The second-order valence-corrected chi connectivity index (χ2v) is 6.73. The lowest BCUT2D eigenvalue weighted by molar-refractivity contribution is -0.124. The van der Waals surface area contributed by atoms with Crippen LogP contribution in [0.4, 0.5) is 20.2 Å². The third kappa shape index (κ3) is 5.36. The zero-order valence-corrected chi connectivity index (χ0v) is 15.7. The monoisotopic (exact) mass is 374 g/mol. The van der Waals surface area contributed by atoms with E-state index in [1.54, 1.807) is 31.2 Å². The summed E-state index contributed by atoms with van der Waals surface area (Å²) in [6.07, 6.45) is 0.622. The van der Waals surface area contributed by atoms with Crippen molar-refractivity contribution in [2.75, 3.05) is 10.2 Å². The highest BCUT2D eigenvalue weighted by molar-refractivity contribution is 6.05. The number of hydrogen-bond donors (Lipinski definition) is 1. The Hall–Kier alpha value is -2.76. The SMILES string of the molecule is CC[C@@H](C(=O)Nc1ccc(F)cc1F)N(C(=O)CC(C)C)c1ccccc1. The predicted octanol–water partition coefficient (Wildman–Crippen LogP) is 4.76. The van der Waals surface area contributed by atoms with Crippen LogP contribution in [0.5, 0.6) is 0 Å². The molecule has 2 rings (SSSR count). The van der Waals surface area contributed by atoms with Crippen LogP contribution in [0.1, 0.15) is 33.6 Å². The number of hydrogen-bond acceptors (Lipinski definition) is 2. The van der Waals surface area contributed by atoms with Gasteiger partial charge >= 0.3 is 0 Å². The number of para-hydroxylation sites is 1. The van der Waals surface area contributed by atoms with E-state index in [0.717, 1.165) is 12.1 Å². The van der Waals surface area contributed by atoms with Crippen LogP contribution in [0.15, 0.2) is 48.5 Å². The normalized spacial score (nSPS) is 11.9. The van der Waals surface area contributed by atoms with Gasteiger partial charge in [0.15, 0.2) is 0 Å². The maximum absolute atomic E-state index is 13.9. The molecule has 0 heterocycles. The molecule has 6 heteroatoms. The molecule has 2 aromatic carbocycles. The first-order chi connectivity index (χ1) is 12.8. The molecule has 2 amide bonds. The smallest absolute Gasteiger partial charge is 0.247 e. The van der Waals surface area contributed by atoms with Gasteiger partial charge in [0, 0.05) is 18.2 Å². The van der Waals surface area contributed by atoms with Crippen molar-refractivity contribution in [3.8, 4) is 0 Å². The Morgan fingerprint density at radius 1 is 1.07 bits per heavy atom. The Kier molecular flexibility index (Phi) is 7.05. The van der Waals surface area contributed by atoms with Crippen LogP contribution in [0.2, 0.25) is 0 Å². The number of nitrogens with one attached hydrogen (secondary N) is 1. The highest BCUT2D eigenvalue weighted by atomic mass is 19.1. The van der Waals surface area contributed by atoms with Gasteiger partial charge in [-0.05, 0) is 36.6 Å². The van der Waals surface area contributed by atoms with E-state index in [4.69, 9.17) is 0 Å². The molecule has 2 aromatic rings. The summed E-state index contributed by atoms with van der Waals surface area (Å²) in [6, 6.07) is 11.0. The lowest BCUT2D eigenvalue weighted by Gasteiger charge is -2.31. The van der Waals surface area contributed by atoms with Crippen LogP contribution < -0.4 is 10.2 Å². The Balaban J connectivity index is 2.32. The van der Waals surface area contributed by atoms with E-state index in [1.807, 2.05) is 19.9 Å². The van der Waals surface area contributed by atoms with E-state index in [1.165, 1.54) is 4.90 Å². The first-order valence-corrected chi connectivity index (χ1v) is 8.96. The molecule has 0 saturated carbocycles. The molecule has 1 N–H and O–H groups in total. The van der Waals surface area contributed by atoms with Crippen molar-refractivity contribution in [2.45, 2.75) is 39.7 Å². The van der Waals surface area contributed by atoms with Crippen LogP contribution in [0.25, 0.3) is 0 Å². The van der Waals surface area contributed by atoms with Crippen molar-refractivity contribution in [3.05, 3.63) is 60.2 Å². The van der Waals surface area contributed by atoms with Gasteiger partial charge in [0.05, 0.1) is 5.69 Å². The molecular formula is C21H24F2N2O2. The van der Waals surface area contributed by atoms with Crippen LogP contribution >= 0.6 is 0 Å². The Labute approximate surface area is 158 Å². The average molecular weight is 374 g/mol. The molecule has 0 bridgehead atoms. The molecule has 144 valence electrons. The maximum atomic E-state index is 13.9. The Bertz CT molecular complexity index is 794. The van der Waals surface area contributed by atoms with E-state index in [0.29, 0.717) is 18.2 Å². The van der Waals surface area contributed by atoms with Crippen LogP contribution in [-0.4, -0.2) is 17.9 Å². The van der Waals surface area contributed by atoms with Gasteiger partial charge in [-0.1, -0.05) is 39.0 Å². The fourth-order valence-electron chi connectivity index (χ4n) is 2.83. The zero-order valence-electron chi connectivity index (χ0n) is 15.7. The molecule has 1 atom stereocenters. The number of rotatable bonds is 7. The van der Waals surface area contributed by atoms with Crippen molar-refractivity contribution in [3.63, 3.8) is 0 Å². The van der Waals surface area contributed by atoms with Crippen molar-refractivity contribution in [1.82, 2.24) is 0 Å². The third-order valence-electron chi connectivity index (χ3n) is 4.08. The summed E-state index contributed by atoms with van der Waals surface area (Å²) in [5.74, 6) is -2.17. The molecule has 27 heavy (non-hydrogen) atoms. The first-order valence-electron chi connectivity index (χ1n) is 8.96. The number of carbonyl (C=O) groups is 2. The summed E-state index contributed by atoms with van der Waals surface area (Å²) in [7, 11) is 0. The van der Waals surface area contributed by atoms with Gasteiger partial charge in [-0.15, -0.1) is 0 Å². The van der Waals surface area contributed by atoms with Crippen LogP contribution in [0.3, 0.4) is 0 Å². The summed E-state index contributed by atoms with van der Waals surface area (Å²) < 4.78 is 27.0. The van der Waals surface area contributed by atoms with Gasteiger partial charge in [0.25, 0.3) is 0 Å². The van der Waals surface area contributed by atoms with Gasteiger partial charge in [-0.25, -0.2) is 8.78 Å². The zero-order chi connectivity index (χ0) is 20.0. The van der Waals surface area contributed by atoms with Gasteiger partial charge in [-0.3, -0.25) is 14.5 Å². The highest BCUT2D eigenvalue weighted by Gasteiger charge is 2.30. The van der Waals surface area contributed by atoms with E-state index in [-0.39, 0.29) is 23.9 Å². The molecule has 0 unspecified atom stereocenters. The summed E-state index contributed by atoms with van der Waals surface area (Å²) >= 11 is 0. The lowest BCUT2D eigenvalue weighted by Crippen LogP contribution is -2.47. The molecule has 0 saturated heterocycles. The fraction of sp³-hybridized carbons (Fsp3) is 0.333. The molecule has 0 aliphatic rings. The summed E-state index contributed by atoms with van der Waals surface area (Å²) in [6.45, 7) is 5.63. The van der Waals surface area contributed by atoms with Crippen LogP contribution in [-0.2, 0) is 9.59 Å². The summed E-state index contributed by atoms with van der Waals surface area (Å²) in [5, 5.41) is 2.47. The number of nitrogens with zero attached hydrogens (tertiary/aromatic N) is 1. The summed E-state index contributed by atoms with van der Waals surface area (Å²) in [5.41, 5.74) is 0.480. The lowest BCUT2D eigenvalue weighted by atomic mass is 10.1. The fourth-order valence-corrected chi connectivity index (χ4v) is 2.83. The largest absolute Gasteiger partial charge is 0.322 e. The van der Waals surface area contributed by atoms with E-state index in [2.05, 4.69) is 5.32 Å². The van der Waals surface area contributed by atoms with Gasteiger partial charge in [0.1, 0.15) is 17.7 Å². The Morgan fingerprint density at radius 3 is 2.30 bits per heavy atom. The second-order valence-electron chi connectivity index (χ2n) is 6.73. The molecule has 4 nitrogen and oxygen atoms in total. The van der Waals surface area contributed by atoms with E-state index < -0.39 is 23.6 Å². The van der Waals surface area contributed by atoms with E-state index >= 15 is 0 Å². The number of amides is 2. The van der Waals surface area contributed by atoms with Crippen LogP contribution in [0, 0.1) is 17.6 Å². The predicted molar refractivity (Wildman–Crippen MR) is 102 cm³/mol. The minimum atomic E-state index is -0.863. The number of halogens is 2. The minimum Gasteiger partial charge on any atom is -0.322 e. The van der Waals surface area contributed by atoms with Gasteiger partial charge in [-0.2, -0.15) is 0 Å². The first kappa shape index (κ1) is 20.6. The molecule has 0 spiro atoms. The van der Waals surface area contributed by atoms with Crippen molar-refractivity contribution < 1.29 is 18.4 Å². The van der Waals surface area contributed by atoms with Crippen molar-refractivity contribution >= 4 is 23.2 Å². The molecular weight excluding hydrogens is 350 g/mol. The second kappa shape index (κ2) is 9.26. The van der Waals surface area contributed by atoms with Gasteiger partial charge in [0.2, 0.25) is 11.8 Å². The number of anilines is 2. The number of carbonyl (C=O) groups excluding carboxylic acids is 2. The van der Waals surface area contributed by atoms with Crippen molar-refractivity contribution in [2.24, 2.45) is 5.92 Å². The minimum absolute atomic E-state index is 0.121. The molecule has 0 aliphatic heterocycles. The van der Waals surface area contributed by atoms with Crippen molar-refractivity contribution in [1.29, 1.82) is 0 Å². The maximum Gasteiger partial charge on any atom is 0.247 e. The molecule has 0 aromatic heterocycles. The highest BCUT2D eigenvalue weighted by Crippen LogP contribution is 2.23. The average Bonchev–Trinajstić information content (AvgIpc) is 2.61. The Morgan fingerprint density at radius 2 is 1.74 bits per heavy atom. The van der Waals surface area contributed by atoms with E-state index in [9.17, 15) is 18.4 Å². The van der Waals surface area contributed by atoms with Gasteiger partial charge < -0.3 is 5.32 Å².